The number of esters is 2. The predicted octanol–water partition coefficient (Wildman–Crippen LogP) is 1.94. The van der Waals surface area contributed by atoms with Crippen LogP contribution in [0.1, 0.15) is 46.0 Å². The van der Waals surface area contributed by atoms with E-state index in [4.69, 9.17) is 9.47 Å². The Bertz CT molecular complexity index is 490. The molecule has 0 aromatic carbocycles. The lowest BCUT2D eigenvalue weighted by molar-refractivity contribution is -0.154. The zero-order valence-electron chi connectivity index (χ0n) is 12.2. The van der Waals surface area contributed by atoms with Gasteiger partial charge in [-0.2, -0.15) is 0 Å². The number of ketones is 1. The van der Waals surface area contributed by atoms with Crippen LogP contribution in [0.2, 0.25) is 0 Å². The molecule has 2 rings (SSSR count). The highest BCUT2D eigenvalue weighted by atomic mass is 16.5. The molecule has 20 heavy (non-hydrogen) atoms. The topological polar surface area (TPSA) is 69.7 Å². The Balaban J connectivity index is 2.46. The maximum atomic E-state index is 12.1. The Morgan fingerprint density at radius 1 is 1.30 bits per heavy atom. The first-order valence-electron chi connectivity index (χ1n) is 6.92. The molecular weight excluding hydrogens is 260 g/mol. The van der Waals surface area contributed by atoms with Gasteiger partial charge in [0, 0.05) is 18.8 Å². The van der Waals surface area contributed by atoms with Gasteiger partial charge in [-0.05, 0) is 31.3 Å². The van der Waals surface area contributed by atoms with Gasteiger partial charge in [0.05, 0.1) is 7.11 Å². The van der Waals surface area contributed by atoms with E-state index in [9.17, 15) is 14.4 Å². The molecule has 1 fully saturated rings. The lowest BCUT2D eigenvalue weighted by Gasteiger charge is -2.45. The van der Waals surface area contributed by atoms with Crippen molar-refractivity contribution in [1.82, 2.24) is 0 Å². The van der Waals surface area contributed by atoms with Gasteiger partial charge in [-0.3, -0.25) is 9.59 Å². The normalized spacial score (nSPS) is 29.8. The molecular formula is C15H20O5. The zero-order chi connectivity index (χ0) is 14.9. The van der Waals surface area contributed by atoms with Crippen molar-refractivity contribution in [2.24, 2.45) is 5.41 Å². The van der Waals surface area contributed by atoms with Gasteiger partial charge in [-0.15, -0.1) is 0 Å². The molecule has 2 aliphatic carbocycles. The third-order valence-electron chi connectivity index (χ3n) is 4.44. The van der Waals surface area contributed by atoms with E-state index in [1.165, 1.54) is 14.0 Å². The van der Waals surface area contributed by atoms with E-state index in [-0.39, 0.29) is 23.4 Å². The Morgan fingerprint density at radius 3 is 2.60 bits per heavy atom. The molecule has 0 radical (unpaired) electrons. The van der Waals surface area contributed by atoms with Crippen molar-refractivity contribution >= 4 is 17.7 Å². The Hall–Kier alpha value is -1.65. The van der Waals surface area contributed by atoms with Crippen LogP contribution in [0.25, 0.3) is 0 Å². The molecule has 5 nitrogen and oxygen atoms in total. The van der Waals surface area contributed by atoms with E-state index in [0.29, 0.717) is 19.3 Å². The molecule has 0 unspecified atom stereocenters. The van der Waals surface area contributed by atoms with Gasteiger partial charge in [0.1, 0.15) is 11.7 Å². The first-order chi connectivity index (χ1) is 9.40. The molecule has 0 spiro atoms. The van der Waals surface area contributed by atoms with Crippen LogP contribution in [0.3, 0.4) is 0 Å². The smallest absolute Gasteiger partial charge is 0.341 e. The van der Waals surface area contributed by atoms with Gasteiger partial charge < -0.3 is 9.47 Å². The summed E-state index contributed by atoms with van der Waals surface area (Å²) in [4.78, 5) is 35.2. The number of methoxy groups -OCH3 is 1. The Morgan fingerprint density at radius 2 is 2.00 bits per heavy atom. The van der Waals surface area contributed by atoms with E-state index in [1.807, 2.05) is 6.92 Å². The first kappa shape index (κ1) is 14.8. The van der Waals surface area contributed by atoms with Gasteiger partial charge >= 0.3 is 11.9 Å². The van der Waals surface area contributed by atoms with Crippen molar-refractivity contribution in [1.29, 1.82) is 0 Å². The highest BCUT2D eigenvalue weighted by Gasteiger charge is 2.48. The summed E-state index contributed by atoms with van der Waals surface area (Å²) in [6, 6.07) is 0. The molecule has 0 N–H and O–H groups in total. The van der Waals surface area contributed by atoms with Crippen LogP contribution in [0.5, 0.6) is 0 Å². The lowest BCUT2D eigenvalue weighted by atomic mass is 9.62. The average molecular weight is 280 g/mol. The van der Waals surface area contributed by atoms with Crippen molar-refractivity contribution in [3.63, 3.8) is 0 Å². The molecule has 0 saturated heterocycles. The summed E-state index contributed by atoms with van der Waals surface area (Å²) in [7, 11) is 1.28. The van der Waals surface area contributed by atoms with Crippen molar-refractivity contribution in [3.8, 4) is 0 Å². The van der Waals surface area contributed by atoms with Crippen molar-refractivity contribution in [2.45, 2.75) is 52.1 Å². The highest BCUT2D eigenvalue weighted by molar-refractivity contribution is 6.18. The quantitative estimate of drug-likeness (QED) is 0.571. The number of carbonyl (C=O) groups is 3. The highest BCUT2D eigenvalue weighted by Crippen LogP contribution is 2.50. The number of hydrogen-bond acceptors (Lipinski definition) is 5. The maximum Gasteiger partial charge on any atom is 0.341 e. The minimum Gasteiger partial charge on any atom is -0.465 e. The fourth-order valence-electron chi connectivity index (χ4n) is 3.38. The second-order valence-electron chi connectivity index (χ2n) is 5.68. The number of carbonyl (C=O) groups excluding carboxylic acids is 3. The third kappa shape index (κ3) is 2.37. The number of hydrogen-bond donors (Lipinski definition) is 0. The second-order valence-corrected chi connectivity index (χ2v) is 5.68. The van der Waals surface area contributed by atoms with Gasteiger partial charge in [0.15, 0.2) is 5.78 Å². The van der Waals surface area contributed by atoms with Crippen molar-refractivity contribution in [3.05, 3.63) is 11.1 Å². The van der Waals surface area contributed by atoms with E-state index in [0.717, 1.165) is 18.4 Å². The van der Waals surface area contributed by atoms with Gasteiger partial charge in [-0.1, -0.05) is 6.92 Å². The summed E-state index contributed by atoms with van der Waals surface area (Å²) >= 11 is 0. The summed E-state index contributed by atoms with van der Waals surface area (Å²) in [6.07, 6.45) is 2.89. The van der Waals surface area contributed by atoms with Gasteiger partial charge in [0.25, 0.3) is 0 Å². The van der Waals surface area contributed by atoms with E-state index in [2.05, 4.69) is 0 Å². The number of Topliss-reactive ketones (excluding diaryl/α,β-unsaturated/α-hetero) is 1. The number of rotatable bonds is 2. The summed E-state index contributed by atoms with van der Waals surface area (Å²) in [5.74, 6) is -1.05. The summed E-state index contributed by atoms with van der Waals surface area (Å²) in [5, 5.41) is 0. The van der Waals surface area contributed by atoms with Crippen LogP contribution in [-0.2, 0) is 23.9 Å². The standard InChI is InChI=1S/C15H20O5/c1-9(16)20-12-6-4-5-10-13(14(18)19-3)11(17)7-8-15(10,12)2/h12H,4-8H2,1-3H3/t12-,15+/m0/s1. The Kier molecular flexibility index (Phi) is 3.97. The van der Waals surface area contributed by atoms with Crippen LogP contribution in [0, 0.1) is 5.41 Å². The SMILES string of the molecule is COC(=O)C1=C2CCC[C@H](OC(C)=O)[C@]2(C)CCC1=O. The summed E-state index contributed by atoms with van der Waals surface area (Å²) < 4.78 is 10.2. The molecule has 0 aromatic rings. The Labute approximate surface area is 118 Å². The summed E-state index contributed by atoms with van der Waals surface area (Å²) in [6.45, 7) is 3.36. The predicted molar refractivity (Wildman–Crippen MR) is 70.8 cm³/mol. The molecule has 2 aliphatic rings. The third-order valence-corrected chi connectivity index (χ3v) is 4.44. The lowest BCUT2D eigenvalue weighted by Crippen LogP contribution is -2.45. The van der Waals surface area contributed by atoms with E-state index >= 15 is 0 Å². The fraction of sp³-hybridized carbons (Fsp3) is 0.667. The molecule has 1 saturated carbocycles. The van der Waals surface area contributed by atoms with Crippen LogP contribution in [0.4, 0.5) is 0 Å². The molecule has 0 aliphatic heterocycles. The van der Waals surface area contributed by atoms with Gasteiger partial charge in [-0.25, -0.2) is 4.79 Å². The van der Waals surface area contributed by atoms with E-state index in [1.54, 1.807) is 0 Å². The van der Waals surface area contributed by atoms with Crippen LogP contribution >= 0.6 is 0 Å². The van der Waals surface area contributed by atoms with Crippen LogP contribution in [-0.4, -0.2) is 30.9 Å². The molecule has 0 aromatic heterocycles. The van der Waals surface area contributed by atoms with Crippen LogP contribution in [0.15, 0.2) is 11.1 Å². The number of fused-ring (bicyclic) bond motifs is 1. The monoisotopic (exact) mass is 280 g/mol. The van der Waals surface area contributed by atoms with Crippen LogP contribution < -0.4 is 0 Å². The molecule has 0 heterocycles. The minimum atomic E-state index is -0.570. The minimum absolute atomic E-state index is 0.159. The average Bonchev–Trinajstić information content (AvgIpc) is 2.39. The molecule has 110 valence electrons. The van der Waals surface area contributed by atoms with Gasteiger partial charge in [0.2, 0.25) is 0 Å². The van der Waals surface area contributed by atoms with Crippen molar-refractivity contribution in [2.75, 3.05) is 7.11 Å². The maximum absolute atomic E-state index is 12.1. The number of ether oxygens (including phenoxy) is 2. The van der Waals surface area contributed by atoms with Crippen molar-refractivity contribution < 1.29 is 23.9 Å². The molecule has 0 amide bonds. The zero-order valence-corrected chi connectivity index (χ0v) is 12.2. The largest absolute Gasteiger partial charge is 0.465 e. The van der Waals surface area contributed by atoms with E-state index < -0.39 is 11.4 Å². The fourth-order valence-corrected chi connectivity index (χ4v) is 3.38. The first-order valence-corrected chi connectivity index (χ1v) is 6.92. The molecule has 5 heteroatoms. The molecule has 0 bridgehead atoms. The second kappa shape index (κ2) is 5.38. The summed E-state index contributed by atoms with van der Waals surface area (Å²) in [5.41, 5.74) is 0.553. The molecule has 2 atom stereocenters.